The first-order chi connectivity index (χ1) is 5.49. The van der Waals surface area contributed by atoms with Crippen LogP contribution in [-0.2, 0) is 0 Å². The molecule has 0 amide bonds. The van der Waals surface area contributed by atoms with Crippen molar-refractivity contribution < 1.29 is 0 Å². The van der Waals surface area contributed by atoms with Gasteiger partial charge in [-0.2, -0.15) is 0 Å². The van der Waals surface area contributed by atoms with E-state index in [0.717, 1.165) is 19.6 Å². The monoisotopic (exact) mass is 167 g/mol. The van der Waals surface area contributed by atoms with Crippen LogP contribution in [0.15, 0.2) is 25.3 Å². The lowest BCUT2D eigenvalue weighted by molar-refractivity contribution is 0.225. The van der Waals surface area contributed by atoms with Crippen LogP contribution in [0.25, 0.3) is 0 Å². The zero-order chi connectivity index (χ0) is 9.61. The summed E-state index contributed by atoms with van der Waals surface area (Å²) in [6.07, 6.45) is 3.88. The highest BCUT2D eigenvalue weighted by Gasteiger charge is 2.13. The van der Waals surface area contributed by atoms with Crippen LogP contribution < -0.4 is 0 Å². The molecule has 0 saturated heterocycles. The zero-order valence-corrected chi connectivity index (χ0v) is 8.64. The van der Waals surface area contributed by atoms with Crippen LogP contribution in [0.5, 0.6) is 0 Å². The van der Waals surface area contributed by atoms with E-state index in [1.54, 1.807) is 0 Å². The smallest absolute Gasteiger partial charge is 0.0164 e. The fourth-order valence-electron chi connectivity index (χ4n) is 1.24. The van der Waals surface area contributed by atoms with E-state index in [0.29, 0.717) is 5.41 Å². The predicted octanol–water partition coefficient (Wildman–Crippen LogP) is 2.71. The molecule has 0 unspecified atom stereocenters. The van der Waals surface area contributed by atoms with E-state index in [1.165, 1.54) is 0 Å². The molecule has 1 heteroatoms. The summed E-state index contributed by atoms with van der Waals surface area (Å²) in [5.74, 6) is 0. The van der Waals surface area contributed by atoms with Crippen molar-refractivity contribution in [3.63, 3.8) is 0 Å². The van der Waals surface area contributed by atoms with Crippen molar-refractivity contribution in [1.29, 1.82) is 0 Å². The lowest BCUT2D eigenvalue weighted by atomic mass is 9.96. The first-order valence-corrected chi connectivity index (χ1v) is 4.44. The second-order valence-corrected chi connectivity index (χ2v) is 4.33. The lowest BCUT2D eigenvalue weighted by Gasteiger charge is -2.27. The molecule has 0 fully saturated rings. The van der Waals surface area contributed by atoms with Crippen LogP contribution in [0.3, 0.4) is 0 Å². The van der Waals surface area contributed by atoms with E-state index in [9.17, 15) is 0 Å². The topological polar surface area (TPSA) is 3.24 Å². The number of nitrogens with zero attached hydrogens (tertiary/aromatic N) is 1. The molecular formula is C11H21N. The van der Waals surface area contributed by atoms with E-state index < -0.39 is 0 Å². The summed E-state index contributed by atoms with van der Waals surface area (Å²) in [5.41, 5.74) is 0.353. The molecule has 0 spiro atoms. The second-order valence-electron chi connectivity index (χ2n) is 4.33. The van der Waals surface area contributed by atoms with Gasteiger partial charge in [0.25, 0.3) is 0 Å². The molecule has 0 aliphatic heterocycles. The summed E-state index contributed by atoms with van der Waals surface area (Å²) >= 11 is 0. The largest absolute Gasteiger partial charge is 0.296 e. The minimum absolute atomic E-state index is 0.353. The van der Waals surface area contributed by atoms with Crippen LogP contribution in [0.4, 0.5) is 0 Å². The van der Waals surface area contributed by atoms with E-state index in [1.807, 2.05) is 12.2 Å². The summed E-state index contributed by atoms with van der Waals surface area (Å²) in [5, 5.41) is 0. The van der Waals surface area contributed by atoms with Crippen molar-refractivity contribution >= 4 is 0 Å². The minimum Gasteiger partial charge on any atom is -0.296 e. The SMILES string of the molecule is C=CCN(CC=C)CC(C)(C)C. The Kier molecular flexibility index (Phi) is 4.91. The third-order valence-corrected chi connectivity index (χ3v) is 1.47. The lowest BCUT2D eigenvalue weighted by Crippen LogP contribution is -2.32. The molecule has 0 radical (unpaired) electrons. The highest BCUT2D eigenvalue weighted by atomic mass is 15.1. The average molecular weight is 167 g/mol. The zero-order valence-electron chi connectivity index (χ0n) is 8.64. The summed E-state index contributed by atoms with van der Waals surface area (Å²) in [6, 6.07) is 0. The fraction of sp³-hybridized carbons (Fsp3) is 0.636. The van der Waals surface area contributed by atoms with E-state index in [2.05, 4.69) is 38.8 Å². The molecule has 0 aliphatic carbocycles. The highest BCUT2D eigenvalue weighted by Crippen LogP contribution is 2.14. The summed E-state index contributed by atoms with van der Waals surface area (Å²) in [4.78, 5) is 2.33. The molecule has 0 bridgehead atoms. The van der Waals surface area contributed by atoms with E-state index >= 15 is 0 Å². The van der Waals surface area contributed by atoms with Gasteiger partial charge >= 0.3 is 0 Å². The van der Waals surface area contributed by atoms with Crippen LogP contribution in [0.2, 0.25) is 0 Å². The maximum absolute atomic E-state index is 3.74. The molecule has 0 aromatic rings. The molecule has 0 rings (SSSR count). The Morgan fingerprint density at radius 3 is 1.75 bits per heavy atom. The molecule has 0 aromatic heterocycles. The second kappa shape index (κ2) is 5.15. The Bertz CT molecular complexity index is 132. The Hall–Kier alpha value is -0.560. The van der Waals surface area contributed by atoms with Crippen LogP contribution in [0, 0.1) is 5.41 Å². The quantitative estimate of drug-likeness (QED) is 0.569. The molecule has 0 aliphatic rings. The first kappa shape index (κ1) is 11.4. The van der Waals surface area contributed by atoms with Crippen molar-refractivity contribution in [2.45, 2.75) is 20.8 Å². The molecule has 0 atom stereocenters. The van der Waals surface area contributed by atoms with E-state index in [4.69, 9.17) is 0 Å². The van der Waals surface area contributed by atoms with Gasteiger partial charge in [0, 0.05) is 19.6 Å². The fourth-order valence-corrected chi connectivity index (χ4v) is 1.24. The van der Waals surface area contributed by atoms with Gasteiger partial charge in [-0.05, 0) is 5.41 Å². The first-order valence-electron chi connectivity index (χ1n) is 4.44. The van der Waals surface area contributed by atoms with E-state index in [-0.39, 0.29) is 0 Å². The molecular weight excluding hydrogens is 146 g/mol. The Morgan fingerprint density at radius 1 is 1.08 bits per heavy atom. The van der Waals surface area contributed by atoms with Crippen LogP contribution in [-0.4, -0.2) is 24.5 Å². The third kappa shape index (κ3) is 6.17. The Labute approximate surface area is 76.8 Å². The number of hydrogen-bond donors (Lipinski definition) is 0. The van der Waals surface area contributed by atoms with Crippen molar-refractivity contribution in [2.75, 3.05) is 19.6 Å². The maximum atomic E-state index is 3.74. The summed E-state index contributed by atoms with van der Waals surface area (Å²) in [6.45, 7) is 17.2. The molecule has 70 valence electrons. The highest BCUT2D eigenvalue weighted by molar-refractivity contribution is 4.82. The normalized spacial score (nSPS) is 11.7. The van der Waals surface area contributed by atoms with Crippen molar-refractivity contribution in [3.05, 3.63) is 25.3 Å². The van der Waals surface area contributed by atoms with Gasteiger partial charge in [0.15, 0.2) is 0 Å². The minimum atomic E-state index is 0.353. The maximum Gasteiger partial charge on any atom is 0.0164 e. The predicted molar refractivity (Wildman–Crippen MR) is 56.3 cm³/mol. The average Bonchev–Trinajstić information content (AvgIpc) is 1.84. The number of hydrogen-bond acceptors (Lipinski definition) is 1. The molecule has 12 heavy (non-hydrogen) atoms. The van der Waals surface area contributed by atoms with Crippen molar-refractivity contribution in [3.8, 4) is 0 Å². The van der Waals surface area contributed by atoms with Gasteiger partial charge in [0.2, 0.25) is 0 Å². The number of rotatable bonds is 5. The van der Waals surface area contributed by atoms with Gasteiger partial charge < -0.3 is 0 Å². The summed E-state index contributed by atoms with van der Waals surface area (Å²) in [7, 11) is 0. The van der Waals surface area contributed by atoms with Gasteiger partial charge in [-0.1, -0.05) is 32.9 Å². The van der Waals surface area contributed by atoms with Crippen molar-refractivity contribution in [2.24, 2.45) is 5.41 Å². The van der Waals surface area contributed by atoms with Crippen molar-refractivity contribution in [1.82, 2.24) is 4.90 Å². The Balaban J connectivity index is 3.93. The van der Waals surface area contributed by atoms with Crippen LogP contribution in [0.1, 0.15) is 20.8 Å². The molecule has 0 saturated carbocycles. The van der Waals surface area contributed by atoms with Gasteiger partial charge in [-0.25, -0.2) is 0 Å². The van der Waals surface area contributed by atoms with Gasteiger partial charge in [0.1, 0.15) is 0 Å². The molecule has 0 heterocycles. The van der Waals surface area contributed by atoms with Gasteiger partial charge in [0.05, 0.1) is 0 Å². The Morgan fingerprint density at radius 2 is 1.50 bits per heavy atom. The van der Waals surface area contributed by atoms with Crippen LogP contribution >= 0.6 is 0 Å². The summed E-state index contributed by atoms with van der Waals surface area (Å²) < 4.78 is 0. The molecule has 0 aromatic carbocycles. The molecule has 1 nitrogen and oxygen atoms in total. The molecule has 0 N–H and O–H groups in total. The van der Waals surface area contributed by atoms with Gasteiger partial charge in [-0.3, -0.25) is 4.90 Å². The standard InChI is InChI=1S/C11H21N/c1-6-8-12(9-7-2)10-11(3,4)5/h6-7H,1-2,8-10H2,3-5H3. The third-order valence-electron chi connectivity index (χ3n) is 1.47. The van der Waals surface area contributed by atoms with Gasteiger partial charge in [-0.15, -0.1) is 13.2 Å².